The summed E-state index contributed by atoms with van der Waals surface area (Å²) in [5.41, 5.74) is 0.174. The van der Waals surface area contributed by atoms with Crippen molar-refractivity contribution in [2.24, 2.45) is 0 Å². The highest BCUT2D eigenvalue weighted by Crippen LogP contribution is 2.21. The Hall–Kier alpha value is -1.93. The van der Waals surface area contributed by atoms with E-state index in [9.17, 15) is 18.0 Å². The first kappa shape index (κ1) is 18.4. The van der Waals surface area contributed by atoms with E-state index in [4.69, 9.17) is 9.47 Å². The molecule has 1 aliphatic heterocycles. The smallest absolute Gasteiger partial charge is 0.344 e. The highest BCUT2D eigenvalue weighted by atomic mass is 32.2. The van der Waals surface area contributed by atoms with Crippen molar-refractivity contribution in [3.8, 4) is 0 Å². The first-order chi connectivity index (χ1) is 11.3. The first-order valence-electron chi connectivity index (χ1n) is 7.77. The number of rotatable bonds is 6. The molecule has 0 bridgehead atoms. The van der Waals surface area contributed by atoms with Crippen molar-refractivity contribution in [3.63, 3.8) is 0 Å². The Morgan fingerprint density at radius 3 is 2.25 bits per heavy atom. The van der Waals surface area contributed by atoms with Crippen LogP contribution >= 0.6 is 0 Å². The van der Waals surface area contributed by atoms with Crippen molar-refractivity contribution in [1.29, 1.82) is 0 Å². The molecule has 0 amide bonds. The van der Waals surface area contributed by atoms with Gasteiger partial charge in [-0.2, -0.15) is 4.31 Å². The summed E-state index contributed by atoms with van der Waals surface area (Å²) < 4.78 is 35.9. The molecule has 0 aliphatic carbocycles. The van der Waals surface area contributed by atoms with Gasteiger partial charge in [-0.15, -0.1) is 0 Å². The minimum absolute atomic E-state index is 0.139. The van der Waals surface area contributed by atoms with Gasteiger partial charge in [0, 0.05) is 13.1 Å². The van der Waals surface area contributed by atoms with Gasteiger partial charge in [-0.3, -0.25) is 0 Å². The third kappa shape index (κ3) is 4.55. The van der Waals surface area contributed by atoms with Crippen LogP contribution in [0.25, 0.3) is 0 Å². The van der Waals surface area contributed by atoms with Crippen LogP contribution in [0.1, 0.15) is 37.0 Å². The van der Waals surface area contributed by atoms with Gasteiger partial charge in [-0.05, 0) is 51.0 Å². The molecule has 0 aromatic heterocycles. The molecule has 0 saturated carbocycles. The van der Waals surface area contributed by atoms with Crippen LogP contribution in [0.3, 0.4) is 0 Å². The van der Waals surface area contributed by atoms with Gasteiger partial charge in [0.2, 0.25) is 10.0 Å². The number of benzene rings is 1. The summed E-state index contributed by atoms with van der Waals surface area (Å²) in [4.78, 5) is 23.3. The number of hydrogen-bond donors (Lipinski definition) is 0. The van der Waals surface area contributed by atoms with Crippen molar-refractivity contribution in [1.82, 2.24) is 4.31 Å². The summed E-state index contributed by atoms with van der Waals surface area (Å²) in [5.74, 6) is -1.34. The molecule has 0 radical (unpaired) electrons. The van der Waals surface area contributed by atoms with Gasteiger partial charge >= 0.3 is 11.9 Å². The SMILES string of the molecule is CC(C)OC(=O)COC(=O)c1ccc(S(=O)(=O)N2CCCC2)cc1. The van der Waals surface area contributed by atoms with Crippen molar-refractivity contribution in [3.05, 3.63) is 29.8 Å². The van der Waals surface area contributed by atoms with Crippen LogP contribution < -0.4 is 0 Å². The van der Waals surface area contributed by atoms with Crippen LogP contribution in [-0.2, 0) is 24.3 Å². The Bertz CT molecular complexity index is 690. The monoisotopic (exact) mass is 355 g/mol. The summed E-state index contributed by atoms with van der Waals surface area (Å²) in [6, 6.07) is 5.49. The zero-order valence-electron chi connectivity index (χ0n) is 13.7. The van der Waals surface area contributed by atoms with Crippen LogP contribution in [0.15, 0.2) is 29.2 Å². The molecule has 24 heavy (non-hydrogen) atoms. The van der Waals surface area contributed by atoms with Crippen LogP contribution in [0.4, 0.5) is 0 Å². The number of esters is 2. The Morgan fingerprint density at radius 2 is 1.71 bits per heavy atom. The summed E-state index contributed by atoms with van der Waals surface area (Å²) >= 11 is 0. The van der Waals surface area contributed by atoms with Crippen molar-refractivity contribution in [2.75, 3.05) is 19.7 Å². The van der Waals surface area contributed by atoms with Gasteiger partial charge in [0.1, 0.15) is 0 Å². The van der Waals surface area contributed by atoms with Gasteiger partial charge in [-0.25, -0.2) is 18.0 Å². The summed E-state index contributed by atoms with van der Waals surface area (Å²) in [6.45, 7) is 3.94. The third-order valence-corrected chi connectivity index (χ3v) is 5.39. The van der Waals surface area contributed by atoms with E-state index in [0.717, 1.165) is 12.8 Å². The van der Waals surface area contributed by atoms with E-state index in [0.29, 0.717) is 13.1 Å². The normalized spacial score (nSPS) is 15.5. The highest BCUT2D eigenvalue weighted by Gasteiger charge is 2.27. The largest absolute Gasteiger partial charge is 0.460 e. The van der Waals surface area contributed by atoms with E-state index in [1.54, 1.807) is 13.8 Å². The maximum absolute atomic E-state index is 12.4. The topological polar surface area (TPSA) is 90.0 Å². The molecule has 132 valence electrons. The van der Waals surface area contributed by atoms with Gasteiger partial charge in [-0.1, -0.05) is 0 Å². The fraction of sp³-hybridized carbons (Fsp3) is 0.500. The summed E-state index contributed by atoms with van der Waals surface area (Å²) in [7, 11) is -3.51. The van der Waals surface area contributed by atoms with Crippen molar-refractivity contribution < 1.29 is 27.5 Å². The zero-order valence-corrected chi connectivity index (χ0v) is 14.5. The second kappa shape index (κ2) is 7.76. The molecule has 0 atom stereocenters. The lowest BCUT2D eigenvalue weighted by Crippen LogP contribution is -2.27. The van der Waals surface area contributed by atoms with E-state index in [-0.39, 0.29) is 16.6 Å². The predicted octanol–water partition coefficient (Wildman–Crippen LogP) is 1.58. The van der Waals surface area contributed by atoms with Crippen molar-refractivity contribution >= 4 is 22.0 Å². The number of carbonyl (C=O) groups is 2. The molecule has 8 heteroatoms. The van der Waals surface area contributed by atoms with E-state index in [1.807, 2.05) is 0 Å². The van der Waals surface area contributed by atoms with Crippen molar-refractivity contribution in [2.45, 2.75) is 37.7 Å². The summed E-state index contributed by atoms with van der Waals surface area (Å²) in [5, 5.41) is 0. The minimum Gasteiger partial charge on any atom is -0.460 e. The molecule has 1 aliphatic rings. The van der Waals surface area contributed by atoms with E-state index < -0.39 is 28.6 Å². The number of ether oxygens (including phenoxy) is 2. The van der Waals surface area contributed by atoms with Crippen LogP contribution in [0.5, 0.6) is 0 Å². The Morgan fingerprint density at radius 1 is 1.12 bits per heavy atom. The van der Waals surface area contributed by atoms with E-state index >= 15 is 0 Å². The third-order valence-electron chi connectivity index (χ3n) is 3.48. The van der Waals surface area contributed by atoms with E-state index in [1.165, 1.54) is 28.6 Å². The average Bonchev–Trinajstić information content (AvgIpc) is 3.07. The molecule has 1 aromatic rings. The lowest BCUT2D eigenvalue weighted by Gasteiger charge is -2.15. The molecule has 1 aromatic carbocycles. The molecule has 0 unspecified atom stereocenters. The number of nitrogens with zero attached hydrogens (tertiary/aromatic N) is 1. The maximum Gasteiger partial charge on any atom is 0.344 e. The van der Waals surface area contributed by atoms with Gasteiger partial charge in [0.15, 0.2) is 6.61 Å². The molecule has 1 saturated heterocycles. The Labute approximate surface area is 141 Å². The fourth-order valence-corrected chi connectivity index (χ4v) is 3.86. The van der Waals surface area contributed by atoms with Gasteiger partial charge in [0.05, 0.1) is 16.6 Å². The second-order valence-corrected chi connectivity index (χ2v) is 7.69. The van der Waals surface area contributed by atoms with Crippen LogP contribution in [0, 0.1) is 0 Å². The first-order valence-corrected chi connectivity index (χ1v) is 9.21. The van der Waals surface area contributed by atoms with Gasteiger partial charge in [0.25, 0.3) is 0 Å². The lowest BCUT2D eigenvalue weighted by molar-refractivity contribution is -0.150. The molecular weight excluding hydrogens is 334 g/mol. The second-order valence-electron chi connectivity index (χ2n) is 5.75. The van der Waals surface area contributed by atoms with Crippen LogP contribution in [0.2, 0.25) is 0 Å². The molecule has 0 N–H and O–H groups in total. The Kier molecular flexibility index (Phi) is 5.95. The summed E-state index contributed by atoms with van der Waals surface area (Å²) in [6.07, 6.45) is 1.43. The Balaban J connectivity index is 1.98. The molecule has 1 fully saturated rings. The minimum atomic E-state index is -3.51. The quantitative estimate of drug-likeness (QED) is 0.720. The van der Waals surface area contributed by atoms with Gasteiger partial charge < -0.3 is 9.47 Å². The number of carbonyl (C=O) groups excluding carboxylic acids is 2. The predicted molar refractivity (Wildman–Crippen MR) is 85.9 cm³/mol. The maximum atomic E-state index is 12.4. The number of sulfonamides is 1. The molecule has 7 nitrogen and oxygen atoms in total. The van der Waals surface area contributed by atoms with E-state index in [2.05, 4.69) is 0 Å². The molecule has 0 spiro atoms. The molecule has 2 rings (SSSR count). The molecule has 1 heterocycles. The fourth-order valence-electron chi connectivity index (χ4n) is 2.35. The molecular formula is C16H21NO6S. The number of hydrogen-bond acceptors (Lipinski definition) is 6. The zero-order chi connectivity index (χ0) is 17.7. The average molecular weight is 355 g/mol. The highest BCUT2D eigenvalue weighted by molar-refractivity contribution is 7.89. The van der Waals surface area contributed by atoms with Crippen LogP contribution in [-0.4, -0.2) is 50.5 Å². The lowest BCUT2D eigenvalue weighted by atomic mass is 10.2. The standard InChI is InChI=1S/C16H21NO6S/c1-12(2)23-15(18)11-22-16(19)13-5-7-14(8-6-13)24(20,21)17-9-3-4-10-17/h5-8,12H,3-4,9-11H2,1-2H3.